The van der Waals surface area contributed by atoms with Crippen molar-refractivity contribution < 1.29 is 19.5 Å². The van der Waals surface area contributed by atoms with Gasteiger partial charge in [0.1, 0.15) is 6.54 Å². The maximum Gasteiger partial charge on any atom is 0.323 e. The molecule has 0 aliphatic heterocycles. The Morgan fingerprint density at radius 2 is 1.76 bits per heavy atom. The van der Waals surface area contributed by atoms with Crippen molar-refractivity contribution in [3.8, 4) is 0 Å². The molecule has 0 aromatic carbocycles. The predicted octanol–water partition coefficient (Wildman–Crippen LogP) is 2.99. The molecule has 0 spiro atoms. The largest absolute Gasteiger partial charge is 0.480 e. The Balaban J connectivity index is 1.85. The van der Waals surface area contributed by atoms with E-state index in [0.717, 1.165) is 31.5 Å². The minimum atomic E-state index is -1.02. The van der Waals surface area contributed by atoms with E-state index in [4.69, 9.17) is 0 Å². The highest BCUT2D eigenvalue weighted by Crippen LogP contribution is 2.22. The summed E-state index contributed by atoms with van der Waals surface area (Å²) in [6, 6.07) is 0. The number of carbonyl (C=O) groups excluding carboxylic acids is 2. The Bertz CT molecular complexity index is 674. The summed E-state index contributed by atoms with van der Waals surface area (Å²) in [5.74, 6) is -0.298. The zero-order valence-corrected chi connectivity index (χ0v) is 21.3. The first kappa shape index (κ1) is 28.3. The fourth-order valence-corrected chi connectivity index (χ4v) is 4.91. The van der Waals surface area contributed by atoms with Crippen molar-refractivity contribution in [3.63, 3.8) is 0 Å². The lowest BCUT2D eigenvalue weighted by molar-refractivity contribution is -0.144. The third-order valence-corrected chi connectivity index (χ3v) is 6.63. The summed E-state index contributed by atoms with van der Waals surface area (Å²) in [6.07, 6.45) is 13.7. The number of amides is 2. The van der Waals surface area contributed by atoms with E-state index in [-0.39, 0.29) is 31.4 Å². The van der Waals surface area contributed by atoms with Crippen LogP contribution in [0.3, 0.4) is 0 Å². The van der Waals surface area contributed by atoms with Gasteiger partial charge in [-0.25, -0.2) is 0 Å². The molecule has 0 unspecified atom stereocenters. The number of nitrogens with one attached hydrogen (secondary N) is 2. The first-order valence-electron chi connectivity index (χ1n) is 13.2. The van der Waals surface area contributed by atoms with Crippen LogP contribution in [0.2, 0.25) is 0 Å². The Hall–Kier alpha value is -1.93. The number of carboxylic acids is 1. The lowest BCUT2D eigenvalue weighted by Crippen LogP contribution is -2.47. The summed E-state index contributed by atoms with van der Waals surface area (Å²) in [7, 11) is 0. The first-order chi connectivity index (χ1) is 16.3. The molecule has 194 valence electrons. The average molecular weight is 479 g/mol. The number of carboxylic acid groups (broad SMARTS) is 1. The second kappa shape index (κ2) is 15.9. The lowest BCUT2D eigenvalue weighted by atomic mass is 9.89. The van der Waals surface area contributed by atoms with E-state index >= 15 is 0 Å². The number of allylic oxidation sites excluding steroid dienone is 2. The molecule has 0 radical (unpaired) electrons. The normalized spacial score (nSPS) is 17.4. The molecule has 2 aliphatic carbocycles. The topological polar surface area (TPSA) is 102 Å². The Kier molecular flexibility index (Phi) is 13.2. The summed E-state index contributed by atoms with van der Waals surface area (Å²) in [6.45, 7) is 6.53. The highest BCUT2D eigenvalue weighted by Gasteiger charge is 2.21. The van der Waals surface area contributed by atoms with Crippen molar-refractivity contribution in [2.24, 2.45) is 11.8 Å². The number of hydrogen-bond donors (Lipinski definition) is 3. The van der Waals surface area contributed by atoms with Crippen molar-refractivity contribution in [1.82, 2.24) is 20.4 Å². The van der Waals surface area contributed by atoms with Crippen LogP contribution < -0.4 is 10.6 Å². The van der Waals surface area contributed by atoms with Gasteiger partial charge in [0.25, 0.3) is 0 Å². The minimum Gasteiger partial charge on any atom is -0.480 e. The van der Waals surface area contributed by atoms with E-state index in [1.807, 2.05) is 4.90 Å². The van der Waals surface area contributed by atoms with Crippen LogP contribution in [0, 0.1) is 11.8 Å². The lowest BCUT2D eigenvalue weighted by Gasteiger charge is -2.28. The zero-order valence-electron chi connectivity index (χ0n) is 21.3. The van der Waals surface area contributed by atoms with Gasteiger partial charge in [0.2, 0.25) is 11.8 Å². The third-order valence-electron chi connectivity index (χ3n) is 6.63. The first-order valence-corrected chi connectivity index (χ1v) is 13.2. The maximum absolute atomic E-state index is 12.8. The maximum atomic E-state index is 12.8. The van der Waals surface area contributed by atoms with E-state index in [9.17, 15) is 19.5 Å². The fraction of sp³-hybridized carbons (Fsp3) is 0.808. The molecule has 0 aromatic heterocycles. The smallest absolute Gasteiger partial charge is 0.323 e. The number of aliphatic carboxylic acids is 1. The van der Waals surface area contributed by atoms with Crippen molar-refractivity contribution in [3.05, 3.63) is 11.8 Å². The molecule has 1 fully saturated rings. The molecule has 0 aromatic rings. The standard InChI is InChI=1S/C26H46N4O4/c1-21(2)18-29(19-24(31)28-23-12-8-3-4-9-13-23)14-15-30(20-26(33)34)25(32)17-27-16-22-10-6-5-7-11-22/h12,21-22,27H,3-11,13-20H2,1-2H3,(H,28,31)(H,33,34). The quantitative estimate of drug-likeness (QED) is 0.355. The monoisotopic (exact) mass is 478 g/mol. The number of rotatable bonds is 14. The van der Waals surface area contributed by atoms with Crippen LogP contribution in [-0.4, -0.2) is 78.5 Å². The zero-order chi connectivity index (χ0) is 24.8. The molecule has 0 saturated heterocycles. The van der Waals surface area contributed by atoms with Gasteiger partial charge in [0.15, 0.2) is 0 Å². The van der Waals surface area contributed by atoms with Crippen LogP contribution >= 0.6 is 0 Å². The minimum absolute atomic E-state index is 0.0425. The summed E-state index contributed by atoms with van der Waals surface area (Å²) in [4.78, 5) is 40.3. The molecule has 2 rings (SSSR count). The summed E-state index contributed by atoms with van der Waals surface area (Å²) in [5.41, 5.74) is 1.01. The van der Waals surface area contributed by atoms with Crippen molar-refractivity contribution in [2.45, 2.75) is 78.1 Å². The van der Waals surface area contributed by atoms with Gasteiger partial charge < -0.3 is 20.6 Å². The van der Waals surface area contributed by atoms with Crippen molar-refractivity contribution >= 4 is 17.8 Å². The molecule has 34 heavy (non-hydrogen) atoms. The summed E-state index contributed by atoms with van der Waals surface area (Å²) < 4.78 is 0. The molecule has 8 heteroatoms. The molecule has 2 aliphatic rings. The van der Waals surface area contributed by atoms with Crippen molar-refractivity contribution in [2.75, 3.05) is 45.8 Å². The SMILES string of the molecule is CC(C)CN(CCN(CC(=O)O)C(=O)CNCC1CCCCC1)CC(=O)NC1=CCCCCC1. The second-order valence-electron chi connectivity index (χ2n) is 10.3. The number of hydrogen-bond acceptors (Lipinski definition) is 5. The summed E-state index contributed by atoms with van der Waals surface area (Å²) in [5, 5.41) is 15.6. The molecular weight excluding hydrogens is 432 g/mol. The Labute approximate surface area is 205 Å². The highest BCUT2D eigenvalue weighted by atomic mass is 16.4. The van der Waals surface area contributed by atoms with E-state index in [2.05, 4.69) is 30.6 Å². The summed E-state index contributed by atoms with van der Waals surface area (Å²) >= 11 is 0. The molecule has 0 heterocycles. The van der Waals surface area contributed by atoms with Gasteiger partial charge in [-0.3, -0.25) is 19.3 Å². The number of carbonyl (C=O) groups is 3. The average Bonchev–Trinajstić information content (AvgIpc) is 3.05. The molecule has 0 atom stereocenters. The van der Waals surface area contributed by atoms with Crippen LogP contribution in [0.4, 0.5) is 0 Å². The molecule has 8 nitrogen and oxygen atoms in total. The molecule has 0 bridgehead atoms. The Morgan fingerprint density at radius 1 is 1.03 bits per heavy atom. The van der Waals surface area contributed by atoms with E-state index < -0.39 is 5.97 Å². The highest BCUT2D eigenvalue weighted by molar-refractivity contribution is 5.82. The van der Waals surface area contributed by atoms with Gasteiger partial charge >= 0.3 is 5.97 Å². The van der Waals surface area contributed by atoms with Crippen LogP contribution in [-0.2, 0) is 14.4 Å². The van der Waals surface area contributed by atoms with Crippen LogP contribution in [0.25, 0.3) is 0 Å². The van der Waals surface area contributed by atoms with Gasteiger partial charge in [-0.2, -0.15) is 0 Å². The Morgan fingerprint density at radius 3 is 2.47 bits per heavy atom. The van der Waals surface area contributed by atoms with Gasteiger partial charge in [-0.05, 0) is 56.9 Å². The van der Waals surface area contributed by atoms with Gasteiger partial charge in [-0.15, -0.1) is 0 Å². The van der Waals surface area contributed by atoms with Gasteiger partial charge in [-0.1, -0.05) is 45.6 Å². The third kappa shape index (κ3) is 12.0. The molecule has 3 N–H and O–H groups in total. The predicted molar refractivity (Wildman–Crippen MR) is 134 cm³/mol. The number of nitrogens with zero attached hydrogens (tertiary/aromatic N) is 2. The van der Waals surface area contributed by atoms with E-state index in [1.165, 1.54) is 49.8 Å². The fourth-order valence-electron chi connectivity index (χ4n) is 4.91. The van der Waals surface area contributed by atoms with Crippen molar-refractivity contribution in [1.29, 1.82) is 0 Å². The molecule has 2 amide bonds. The molecular formula is C26H46N4O4. The second-order valence-corrected chi connectivity index (χ2v) is 10.3. The van der Waals surface area contributed by atoms with E-state index in [0.29, 0.717) is 31.5 Å². The van der Waals surface area contributed by atoms with Gasteiger partial charge in [0.05, 0.1) is 13.1 Å². The van der Waals surface area contributed by atoms with E-state index in [1.54, 1.807) is 0 Å². The van der Waals surface area contributed by atoms with Crippen LogP contribution in [0.15, 0.2) is 11.8 Å². The van der Waals surface area contributed by atoms with Crippen LogP contribution in [0.1, 0.15) is 78.1 Å². The van der Waals surface area contributed by atoms with Crippen LogP contribution in [0.5, 0.6) is 0 Å². The molecule has 1 saturated carbocycles. The van der Waals surface area contributed by atoms with Gasteiger partial charge in [0, 0.05) is 25.3 Å².